The molecule has 0 unspecified atom stereocenters. The van der Waals surface area contributed by atoms with Crippen LogP contribution in [0, 0.1) is 6.92 Å². The third-order valence-electron chi connectivity index (χ3n) is 4.19. The third kappa shape index (κ3) is 3.67. The van der Waals surface area contributed by atoms with Gasteiger partial charge in [0.25, 0.3) is 11.5 Å². The highest BCUT2D eigenvalue weighted by atomic mass is 35.5. The van der Waals surface area contributed by atoms with Crippen molar-refractivity contribution in [1.29, 1.82) is 0 Å². The van der Waals surface area contributed by atoms with Gasteiger partial charge in [0.05, 0.1) is 12.2 Å². The van der Waals surface area contributed by atoms with Gasteiger partial charge in [-0.1, -0.05) is 53.3 Å². The van der Waals surface area contributed by atoms with Crippen molar-refractivity contribution < 1.29 is 4.79 Å². The zero-order valence-electron chi connectivity index (χ0n) is 14.8. The Morgan fingerprint density at radius 2 is 2.00 bits per heavy atom. The van der Waals surface area contributed by atoms with E-state index in [1.165, 1.54) is 21.9 Å². The fraction of sp³-hybridized carbons (Fsp3) is 0.100. The molecule has 0 aliphatic rings. The van der Waals surface area contributed by atoms with Crippen molar-refractivity contribution in [1.82, 2.24) is 19.9 Å². The minimum Gasteiger partial charge on any atom is -0.346 e. The first-order valence-electron chi connectivity index (χ1n) is 8.51. The molecular weight excluding hydrogens is 396 g/mol. The number of aryl methyl sites for hydroxylation is 1. The SMILES string of the molecule is Cc1ccccc1-c1nn2c(=O)cc(CNC(=O)c3cccc(Cl)c3)nc2s1. The van der Waals surface area contributed by atoms with Crippen molar-refractivity contribution in [2.24, 2.45) is 0 Å². The van der Waals surface area contributed by atoms with Gasteiger partial charge in [-0.3, -0.25) is 9.59 Å². The Kier molecular flexibility index (Phi) is 4.93. The second-order valence-electron chi connectivity index (χ2n) is 6.20. The van der Waals surface area contributed by atoms with Crippen LogP contribution < -0.4 is 10.9 Å². The van der Waals surface area contributed by atoms with Crippen LogP contribution >= 0.6 is 22.9 Å². The summed E-state index contributed by atoms with van der Waals surface area (Å²) in [5, 5.41) is 8.36. The van der Waals surface area contributed by atoms with Gasteiger partial charge in [0.15, 0.2) is 0 Å². The molecule has 0 aliphatic carbocycles. The normalized spacial score (nSPS) is 10.9. The van der Waals surface area contributed by atoms with Crippen molar-refractivity contribution in [3.8, 4) is 10.6 Å². The van der Waals surface area contributed by atoms with Crippen LogP contribution in [0.15, 0.2) is 59.4 Å². The molecule has 2 heterocycles. The number of amides is 1. The summed E-state index contributed by atoms with van der Waals surface area (Å²) in [5.41, 5.74) is 2.68. The summed E-state index contributed by atoms with van der Waals surface area (Å²) in [6, 6.07) is 15.9. The number of aromatic nitrogens is 3. The van der Waals surface area contributed by atoms with E-state index in [1.807, 2.05) is 31.2 Å². The van der Waals surface area contributed by atoms with E-state index in [0.29, 0.717) is 21.2 Å². The lowest BCUT2D eigenvalue weighted by molar-refractivity contribution is 0.0950. The highest BCUT2D eigenvalue weighted by Gasteiger charge is 2.13. The lowest BCUT2D eigenvalue weighted by atomic mass is 10.1. The summed E-state index contributed by atoms with van der Waals surface area (Å²) in [4.78, 5) is 29.6. The Bertz CT molecular complexity index is 1250. The smallest absolute Gasteiger partial charge is 0.275 e. The van der Waals surface area contributed by atoms with Gasteiger partial charge in [-0.05, 0) is 30.7 Å². The molecule has 0 saturated heterocycles. The van der Waals surface area contributed by atoms with Crippen LogP contribution in [-0.4, -0.2) is 20.5 Å². The lowest BCUT2D eigenvalue weighted by Gasteiger charge is -2.05. The third-order valence-corrected chi connectivity index (χ3v) is 5.37. The minimum absolute atomic E-state index is 0.134. The van der Waals surface area contributed by atoms with Gasteiger partial charge in [0, 0.05) is 22.2 Å². The Morgan fingerprint density at radius 1 is 1.18 bits per heavy atom. The van der Waals surface area contributed by atoms with Crippen LogP contribution in [0.4, 0.5) is 0 Å². The molecule has 8 heteroatoms. The summed E-state index contributed by atoms with van der Waals surface area (Å²) in [7, 11) is 0. The molecule has 0 bridgehead atoms. The van der Waals surface area contributed by atoms with Crippen molar-refractivity contribution in [2.75, 3.05) is 0 Å². The van der Waals surface area contributed by atoms with Crippen LogP contribution in [-0.2, 0) is 6.54 Å². The van der Waals surface area contributed by atoms with E-state index in [4.69, 9.17) is 11.6 Å². The van der Waals surface area contributed by atoms with E-state index < -0.39 is 0 Å². The molecule has 28 heavy (non-hydrogen) atoms. The van der Waals surface area contributed by atoms with E-state index in [1.54, 1.807) is 24.3 Å². The summed E-state index contributed by atoms with van der Waals surface area (Å²) >= 11 is 7.25. The molecule has 1 amide bonds. The molecule has 0 saturated carbocycles. The molecule has 0 radical (unpaired) electrons. The minimum atomic E-state index is -0.284. The molecule has 0 fully saturated rings. The summed E-state index contributed by atoms with van der Waals surface area (Å²) in [5.74, 6) is -0.283. The average molecular weight is 411 g/mol. The Hall–Kier alpha value is -3.03. The molecule has 1 N–H and O–H groups in total. The Labute approximate surface area is 169 Å². The number of hydrogen-bond donors (Lipinski definition) is 1. The maximum Gasteiger partial charge on any atom is 0.275 e. The van der Waals surface area contributed by atoms with Crippen molar-refractivity contribution in [2.45, 2.75) is 13.5 Å². The van der Waals surface area contributed by atoms with Crippen LogP contribution in [0.2, 0.25) is 5.02 Å². The number of hydrogen-bond acceptors (Lipinski definition) is 5. The average Bonchev–Trinajstić information content (AvgIpc) is 3.11. The summed E-state index contributed by atoms with van der Waals surface area (Å²) in [6.07, 6.45) is 0. The predicted octanol–water partition coefficient (Wildman–Crippen LogP) is 3.71. The highest BCUT2D eigenvalue weighted by molar-refractivity contribution is 7.19. The zero-order valence-corrected chi connectivity index (χ0v) is 16.4. The topological polar surface area (TPSA) is 76.4 Å². The first-order chi connectivity index (χ1) is 13.5. The largest absolute Gasteiger partial charge is 0.346 e. The van der Waals surface area contributed by atoms with E-state index in [-0.39, 0.29) is 18.0 Å². The number of benzene rings is 2. The van der Waals surface area contributed by atoms with Gasteiger partial charge in [-0.2, -0.15) is 9.61 Å². The van der Waals surface area contributed by atoms with E-state index in [0.717, 1.165) is 16.1 Å². The number of rotatable bonds is 4. The number of carbonyl (C=O) groups is 1. The standard InChI is InChI=1S/C20H15ClN4O2S/c1-12-5-2-3-8-16(12)19-24-25-17(26)10-15(23-20(25)28-19)11-22-18(27)13-6-4-7-14(21)9-13/h2-10H,11H2,1H3,(H,22,27). The maximum atomic E-state index is 12.4. The fourth-order valence-corrected chi connectivity index (χ4v) is 3.98. The number of carbonyl (C=O) groups excluding carboxylic acids is 1. The molecule has 4 rings (SSSR count). The van der Waals surface area contributed by atoms with E-state index in [9.17, 15) is 9.59 Å². The van der Waals surface area contributed by atoms with Crippen LogP contribution in [0.25, 0.3) is 15.5 Å². The van der Waals surface area contributed by atoms with Crippen LogP contribution in [0.3, 0.4) is 0 Å². The van der Waals surface area contributed by atoms with Gasteiger partial charge >= 0.3 is 0 Å². The number of fused-ring (bicyclic) bond motifs is 1. The molecule has 2 aromatic heterocycles. The Balaban J connectivity index is 1.60. The second-order valence-corrected chi connectivity index (χ2v) is 7.59. The van der Waals surface area contributed by atoms with Gasteiger partial charge in [-0.25, -0.2) is 4.98 Å². The molecule has 0 spiro atoms. The highest BCUT2D eigenvalue weighted by Crippen LogP contribution is 2.26. The van der Waals surface area contributed by atoms with Crippen LogP contribution in [0.5, 0.6) is 0 Å². The molecule has 2 aromatic carbocycles. The molecule has 4 aromatic rings. The zero-order chi connectivity index (χ0) is 19.7. The van der Waals surface area contributed by atoms with Crippen molar-refractivity contribution in [3.05, 3.63) is 86.8 Å². The number of halogens is 1. The van der Waals surface area contributed by atoms with Gasteiger partial charge in [0.2, 0.25) is 4.96 Å². The van der Waals surface area contributed by atoms with Crippen LogP contribution in [0.1, 0.15) is 21.6 Å². The Morgan fingerprint density at radius 3 is 2.79 bits per heavy atom. The first-order valence-corrected chi connectivity index (χ1v) is 9.70. The van der Waals surface area contributed by atoms with E-state index in [2.05, 4.69) is 15.4 Å². The fourth-order valence-electron chi connectivity index (χ4n) is 2.77. The summed E-state index contributed by atoms with van der Waals surface area (Å²) < 4.78 is 1.29. The van der Waals surface area contributed by atoms with Crippen molar-refractivity contribution in [3.63, 3.8) is 0 Å². The maximum absolute atomic E-state index is 12.4. The molecule has 0 aliphatic heterocycles. The monoisotopic (exact) mass is 410 g/mol. The first kappa shape index (κ1) is 18.3. The van der Waals surface area contributed by atoms with Gasteiger partial charge < -0.3 is 5.32 Å². The molecule has 0 atom stereocenters. The summed E-state index contributed by atoms with van der Waals surface area (Å²) in [6.45, 7) is 2.13. The lowest BCUT2D eigenvalue weighted by Crippen LogP contribution is -2.25. The predicted molar refractivity (Wildman–Crippen MR) is 110 cm³/mol. The van der Waals surface area contributed by atoms with Gasteiger partial charge in [-0.15, -0.1) is 0 Å². The number of nitrogens with one attached hydrogen (secondary N) is 1. The second kappa shape index (κ2) is 7.53. The molecular formula is C20H15ClN4O2S. The van der Waals surface area contributed by atoms with Gasteiger partial charge in [0.1, 0.15) is 5.01 Å². The molecule has 140 valence electrons. The quantitative estimate of drug-likeness (QED) is 0.556. The van der Waals surface area contributed by atoms with Crippen molar-refractivity contribution >= 4 is 33.8 Å². The van der Waals surface area contributed by atoms with E-state index >= 15 is 0 Å². The molecule has 6 nitrogen and oxygen atoms in total. The number of nitrogens with zero attached hydrogens (tertiary/aromatic N) is 3.